The van der Waals surface area contributed by atoms with Gasteiger partial charge < -0.3 is 9.64 Å². The molecular weight excluding hydrogens is 314 g/mol. The van der Waals surface area contributed by atoms with Crippen molar-refractivity contribution in [3.05, 3.63) is 48.3 Å². The van der Waals surface area contributed by atoms with Gasteiger partial charge in [0.2, 0.25) is 5.91 Å². The highest BCUT2D eigenvalue weighted by atomic mass is 16.5. The van der Waals surface area contributed by atoms with Crippen LogP contribution < -0.4 is 4.74 Å². The molecule has 1 aliphatic rings. The molecule has 0 saturated carbocycles. The van der Waals surface area contributed by atoms with E-state index in [1.807, 2.05) is 34.0 Å². The zero-order valence-corrected chi connectivity index (χ0v) is 14.9. The molecular formula is C20H27N3O2. The van der Waals surface area contributed by atoms with Crippen molar-refractivity contribution >= 4 is 5.91 Å². The topological polar surface area (TPSA) is 47.4 Å². The van der Waals surface area contributed by atoms with Crippen molar-refractivity contribution in [3.8, 4) is 5.75 Å². The third-order valence-electron chi connectivity index (χ3n) is 4.96. The normalized spacial score (nSPS) is 17.5. The number of aromatic nitrogens is 2. The number of hydrogen-bond acceptors (Lipinski definition) is 3. The minimum Gasteiger partial charge on any atom is -0.497 e. The number of amides is 1. The van der Waals surface area contributed by atoms with E-state index in [0.717, 1.165) is 38.1 Å². The minimum absolute atomic E-state index is 0.251. The SMILES string of the molecule is COc1cccc(CC[C@H]2CCCN(C(=O)CCn3cccn3)C2)c1. The van der Waals surface area contributed by atoms with Crippen molar-refractivity contribution in [2.45, 2.75) is 38.6 Å². The fraction of sp³-hybridized carbons (Fsp3) is 0.500. The molecule has 0 N–H and O–H groups in total. The van der Waals surface area contributed by atoms with Crippen molar-refractivity contribution in [2.24, 2.45) is 5.92 Å². The number of ether oxygens (including phenoxy) is 1. The molecule has 1 aliphatic heterocycles. The van der Waals surface area contributed by atoms with Gasteiger partial charge in [0, 0.05) is 38.4 Å². The summed E-state index contributed by atoms with van der Waals surface area (Å²) in [5.41, 5.74) is 1.31. The number of benzene rings is 1. The summed E-state index contributed by atoms with van der Waals surface area (Å²) in [5, 5.41) is 4.16. The first-order valence-electron chi connectivity index (χ1n) is 9.13. The summed E-state index contributed by atoms with van der Waals surface area (Å²) in [6.07, 6.45) is 8.67. The summed E-state index contributed by atoms with van der Waals surface area (Å²) in [6.45, 7) is 2.45. The maximum Gasteiger partial charge on any atom is 0.224 e. The van der Waals surface area contributed by atoms with Crippen molar-refractivity contribution in [1.82, 2.24) is 14.7 Å². The van der Waals surface area contributed by atoms with Crippen LogP contribution >= 0.6 is 0 Å². The smallest absolute Gasteiger partial charge is 0.224 e. The van der Waals surface area contributed by atoms with Crippen molar-refractivity contribution in [1.29, 1.82) is 0 Å². The monoisotopic (exact) mass is 341 g/mol. The Morgan fingerprint density at radius 2 is 2.28 bits per heavy atom. The van der Waals surface area contributed by atoms with Crippen LogP contribution in [0.15, 0.2) is 42.7 Å². The van der Waals surface area contributed by atoms with Gasteiger partial charge in [-0.3, -0.25) is 9.48 Å². The third kappa shape index (κ3) is 5.08. The first-order valence-corrected chi connectivity index (χ1v) is 9.13. The van der Waals surface area contributed by atoms with Crippen LogP contribution in [0.5, 0.6) is 5.75 Å². The van der Waals surface area contributed by atoms with Crippen LogP contribution in [0.1, 0.15) is 31.2 Å². The minimum atomic E-state index is 0.251. The number of carbonyl (C=O) groups excluding carboxylic acids is 1. The van der Waals surface area contributed by atoms with Gasteiger partial charge in [-0.2, -0.15) is 5.10 Å². The van der Waals surface area contributed by atoms with Gasteiger partial charge in [0.15, 0.2) is 0 Å². The van der Waals surface area contributed by atoms with Crippen LogP contribution in [0.25, 0.3) is 0 Å². The molecule has 1 saturated heterocycles. The van der Waals surface area contributed by atoms with Crippen molar-refractivity contribution in [3.63, 3.8) is 0 Å². The van der Waals surface area contributed by atoms with Gasteiger partial charge in [-0.1, -0.05) is 12.1 Å². The van der Waals surface area contributed by atoms with E-state index in [-0.39, 0.29) is 5.91 Å². The molecule has 134 valence electrons. The quantitative estimate of drug-likeness (QED) is 0.777. The number of hydrogen-bond donors (Lipinski definition) is 0. The molecule has 5 heteroatoms. The van der Waals surface area contributed by atoms with Crippen LogP contribution in [0.3, 0.4) is 0 Å². The highest BCUT2D eigenvalue weighted by Crippen LogP contribution is 2.23. The third-order valence-corrected chi connectivity index (χ3v) is 4.96. The molecule has 0 radical (unpaired) electrons. The fourth-order valence-corrected chi connectivity index (χ4v) is 3.53. The average molecular weight is 341 g/mol. The van der Waals surface area contributed by atoms with Crippen molar-refractivity contribution in [2.75, 3.05) is 20.2 Å². The summed E-state index contributed by atoms with van der Waals surface area (Å²) >= 11 is 0. The van der Waals surface area contributed by atoms with Gasteiger partial charge in [-0.25, -0.2) is 0 Å². The lowest BCUT2D eigenvalue weighted by molar-refractivity contribution is -0.133. The van der Waals surface area contributed by atoms with Gasteiger partial charge in [-0.05, 0) is 55.4 Å². The second kappa shape index (κ2) is 8.70. The molecule has 1 aromatic carbocycles. The van der Waals surface area contributed by atoms with E-state index in [4.69, 9.17) is 4.74 Å². The van der Waals surface area contributed by atoms with E-state index in [2.05, 4.69) is 17.2 Å². The van der Waals surface area contributed by atoms with E-state index >= 15 is 0 Å². The predicted molar refractivity (Wildman–Crippen MR) is 97.5 cm³/mol. The molecule has 2 heterocycles. The Balaban J connectivity index is 1.46. The van der Waals surface area contributed by atoms with Crippen LogP contribution in [-0.4, -0.2) is 40.8 Å². The second-order valence-electron chi connectivity index (χ2n) is 6.76. The van der Waals surface area contributed by atoms with E-state index in [0.29, 0.717) is 18.9 Å². The van der Waals surface area contributed by atoms with Crippen LogP contribution in [0.2, 0.25) is 0 Å². The number of nitrogens with zero attached hydrogens (tertiary/aromatic N) is 3. The Labute approximate surface area is 149 Å². The molecule has 0 bridgehead atoms. The second-order valence-corrected chi connectivity index (χ2v) is 6.76. The van der Waals surface area contributed by atoms with Gasteiger partial charge >= 0.3 is 0 Å². The Bertz CT molecular complexity index is 669. The number of methoxy groups -OCH3 is 1. The number of piperidine rings is 1. The van der Waals surface area contributed by atoms with E-state index in [1.165, 1.54) is 12.0 Å². The molecule has 0 aliphatic carbocycles. The first kappa shape index (κ1) is 17.5. The largest absolute Gasteiger partial charge is 0.497 e. The summed E-state index contributed by atoms with van der Waals surface area (Å²) in [7, 11) is 1.70. The zero-order chi connectivity index (χ0) is 17.5. The summed E-state index contributed by atoms with van der Waals surface area (Å²) in [5.74, 6) is 1.76. The fourth-order valence-electron chi connectivity index (χ4n) is 3.53. The maximum atomic E-state index is 12.5. The molecule has 5 nitrogen and oxygen atoms in total. The number of aryl methyl sites for hydroxylation is 2. The van der Waals surface area contributed by atoms with Crippen LogP contribution in [0, 0.1) is 5.92 Å². The molecule has 1 amide bonds. The average Bonchev–Trinajstić information content (AvgIpc) is 3.18. The van der Waals surface area contributed by atoms with Gasteiger partial charge in [0.1, 0.15) is 5.75 Å². The molecule has 0 spiro atoms. The highest BCUT2D eigenvalue weighted by molar-refractivity contribution is 5.76. The number of carbonyl (C=O) groups is 1. The Hall–Kier alpha value is -2.30. The van der Waals surface area contributed by atoms with Gasteiger partial charge in [0.25, 0.3) is 0 Å². The van der Waals surface area contributed by atoms with E-state index in [9.17, 15) is 4.79 Å². The lowest BCUT2D eigenvalue weighted by Gasteiger charge is -2.33. The lowest BCUT2D eigenvalue weighted by Crippen LogP contribution is -2.40. The molecule has 25 heavy (non-hydrogen) atoms. The zero-order valence-electron chi connectivity index (χ0n) is 14.9. The number of rotatable bonds is 7. The summed E-state index contributed by atoms with van der Waals surface area (Å²) in [4.78, 5) is 14.5. The maximum absolute atomic E-state index is 12.5. The van der Waals surface area contributed by atoms with Crippen LogP contribution in [0.4, 0.5) is 0 Å². The Kier molecular flexibility index (Phi) is 6.09. The first-order chi connectivity index (χ1) is 12.2. The summed E-state index contributed by atoms with van der Waals surface area (Å²) < 4.78 is 7.11. The highest BCUT2D eigenvalue weighted by Gasteiger charge is 2.23. The molecule has 1 fully saturated rings. The lowest BCUT2D eigenvalue weighted by atomic mass is 9.91. The molecule has 1 atom stereocenters. The van der Waals surface area contributed by atoms with Gasteiger partial charge in [-0.15, -0.1) is 0 Å². The van der Waals surface area contributed by atoms with E-state index < -0.39 is 0 Å². The van der Waals surface area contributed by atoms with Crippen molar-refractivity contribution < 1.29 is 9.53 Å². The standard InChI is InChI=1S/C20H27N3O2/c1-25-19-7-2-5-17(15-19)8-9-18-6-3-12-22(16-18)20(24)10-14-23-13-4-11-21-23/h2,4-5,7,11,13,15,18H,3,6,8-10,12,14,16H2,1H3/t18-/m1/s1. The molecule has 0 unspecified atom stereocenters. The van der Waals surface area contributed by atoms with E-state index in [1.54, 1.807) is 13.3 Å². The molecule has 2 aromatic rings. The number of likely N-dealkylation sites (tertiary alicyclic amines) is 1. The predicted octanol–water partition coefficient (Wildman–Crippen LogP) is 3.15. The summed E-state index contributed by atoms with van der Waals surface area (Å²) in [6, 6.07) is 10.2. The van der Waals surface area contributed by atoms with Crippen LogP contribution in [-0.2, 0) is 17.8 Å². The Morgan fingerprint density at radius 1 is 1.36 bits per heavy atom. The Morgan fingerprint density at radius 3 is 3.08 bits per heavy atom. The molecule has 1 aromatic heterocycles. The van der Waals surface area contributed by atoms with Gasteiger partial charge in [0.05, 0.1) is 7.11 Å². The molecule has 3 rings (SSSR count).